The van der Waals surface area contributed by atoms with Crippen LogP contribution >= 0.6 is 11.6 Å². The number of benzene rings is 1. The number of methoxy groups -OCH3 is 1. The molecule has 0 fully saturated rings. The number of ether oxygens (including phenoxy) is 1. The lowest BCUT2D eigenvalue weighted by molar-refractivity contribution is 0.128. The van der Waals surface area contributed by atoms with Crippen molar-refractivity contribution < 1.29 is 9.13 Å². The molecule has 0 spiro atoms. The number of rotatable bonds is 4. The lowest BCUT2D eigenvalue weighted by Crippen LogP contribution is -2.18. The van der Waals surface area contributed by atoms with Crippen molar-refractivity contribution in [3.05, 3.63) is 29.0 Å². The van der Waals surface area contributed by atoms with Gasteiger partial charge in [0.2, 0.25) is 0 Å². The Morgan fingerprint density at radius 3 is 2.93 bits per heavy atom. The summed E-state index contributed by atoms with van der Waals surface area (Å²) < 4.78 is 18.3. The second-order valence-corrected chi connectivity index (χ2v) is 3.44. The lowest BCUT2D eigenvalue weighted by Gasteiger charge is -2.12. The van der Waals surface area contributed by atoms with E-state index in [1.54, 1.807) is 19.2 Å². The van der Waals surface area contributed by atoms with E-state index < -0.39 is 5.82 Å². The normalized spacial score (nSPS) is 12.6. The fourth-order valence-electron chi connectivity index (χ4n) is 0.977. The zero-order valence-electron chi connectivity index (χ0n) is 8.18. The molecule has 0 aliphatic heterocycles. The van der Waals surface area contributed by atoms with Crippen molar-refractivity contribution in [2.24, 2.45) is 0 Å². The molecule has 0 heterocycles. The van der Waals surface area contributed by atoms with E-state index in [0.717, 1.165) is 0 Å². The summed E-state index contributed by atoms with van der Waals surface area (Å²) in [6, 6.07) is 4.86. The summed E-state index contributed by atoms with van der Waals surface area (Å²) in [5, 5.41) is 3.05. The van der Waals surface area contributed by atoms with Crippen LogP contribution in [0.5, 0.6) is 0 Å². The van der Waals surface area contributed by atoms with Crippen LogP contribution in [0.2, 0.25) is 5.02 Å². The Kier molecular flexibility index (Phi) is 4.17. The Morgan fingerprint density at radius 1 is 1.57 bits per heavy atom. The minimum Gasteiger partial charge on any atom is -0.380 e. The van der Waals surface area contributed by atoms with Crippen molar-refractivity contribution in [2.75, 3.05) is 19.0 Å². The third kappa shape index (κ3) is 2.86. The average molecular weight is 218 g/mol. The predicted octanol–water partition coefficient (Wildman–Crippen LogP) is 2.93. The van der Waals surface area contributed by atoms with E-state index in [1.165, 1.54) is 6.07 Å². The summed E-state index contributed by atoms with van der Waals surface area (Å²) in [4.78, 5) is 0. The zero-order valence-corrected chi connectivity index (χ0v) is 8.94. The quantitative estimate of drug-likeness (QED) is 0.838. The third-order valence-corrected chi connectivity index (χ3v) is 2.23. The molecule has 0 aliphatic rings. The highest BCUT2D eigenvalue weighted by atomic mass is 35.5. The minimum atomic E-state index is -0.419. The van der Waals surface area contributed by atoms with E-state index in [0.29, 0.717) is 12.2 Å². The fourth-order valence-corrected chi connectivity index (χ4v) is 1.15. The number of halogens is 2. The van der Waals surface area contributed by atoms with E-state index >= 15 is 0 Å². The SMILES string of the molecule is COC(C)CNc1cccc(Cl)c1F. The molecule has 1 aromatic carbocycles. The largest absolute Gasteiger partial charge is 0.380 e. The van der Waals surface area contributed by atoms with Gasteiger partial charge in [-0.25, -0.2) is 4.39 Å². The maximum Gasteiger partial charge on any atom is 0.164 e. The topological polar surface area (TPSA) is 21.3 Å². The molecule has 0 aliphatic carbocycles. The Bertz CT molecular complexity index is 306. The second-order valence-electron chi connectivity index (χ2n) is 3.03. The van der Waals surface area contributed by atoms with Crippen molar-refractivity contribution in [2.45, 2.75) is 13.0 Å². The van der Waals surface area contributed by atoms with E-state index in [-0.39, 0.29) is 11.1 Å². The van der Waals surface area contributed by atoms with Crippen LogP contribution in [0.3, 0.4) is 0 Å². The first-order valence-corrected chi connectivity index (χ1v) is 4.73. The van der Waals surface area contributed by atoms with Gasteiger partial charge in [-0.1, -0.05) is 17.7 Å². The van der Waals surface area contributed by atoms with Crippen molar-refractivity contribution in [1.82, 2.24) is 0 Å². The van der Waals surface area contributed by atoms with Crippen molar-refractivity contribution in [3.8, 4) is 0 Å². The second kappa shape index (κ2) is 5.17. The molecule has 0 saturated carbocycles. The van der Waals surface area contributed by atoms with E-state index in [9.17, 15) is 4.39 Å². The summed E-state index contributed by atoms with van der Waals surface area (Å²) in [6.45, 7) is 2.45. The molecule has 1 N–H and O–H groups in total. The van der Waals surface area contributed by atoms with Crippen LogP contribution in [0.15, 0.2) is 18.2 Å². The monoisotopic (exact) mass is 217 g/mol. The molecule has 1 rings (SSSR count). The van der Waals surface area contributed by atoms with Crippen LogP contribution in [-0.2, 0) is 4.74 Å². The summed E-state index contributed by atoms with van der Waals surface area (Å²) >= 11 is 5.62. The molecule has 2 nitrogen and oxygen atoms in total. The molecule has 1 atom stereocenters. The van der Waals surface area contributed by atoms with Crippen LogP contribution in [0.25, 0.3) is 0 Å². The fraction of sp³-hybridized carbons (Fsp3) is 0.400. The molecule has 0 bridgehead atoms. The third-order valence-electron chi connectivity index (χ3n) is 1.93. The summed E-state index contributed by atoms with van der Waals surface area (Å²) in [5.74, 6) is -0.419. The molecule has 1 unspecified atom stereocenters. The Labute approximate surface area is 88.0 Å². The Balaban J connectivity index is 2.63. The maximum atomic E-state index is 13.3. The van der Waals surface area contributed by atoms with Crippen LogP contribution in [0.4, 0.5) is 10.1 Å². The van der Waals surface area contributed by atoms with Gasteiger partial charge < -0.3 is 10.1 Å². The van der Waals surface area contributed by atoms with Gasteiger partial charge in [0, 0.05) is 13.7 Å². The molecule has 0 amide bonds. The van der Waals surface area contributed by atoms with Gasteiger partial charge in [0.25, 0.3) is 0 Å². The molecule has 0 aromatic heterocycles. The van der Waals surface area contributed by atoms with Crippen LogP contribution in [0.1, 0.15) is 6.92 Å². The Hall–Kier alpha value is -0.800. The first-order valence-electron chi connectivity index (χ1n) is 4.36. The summed E-state index contributed by atoms with van der Waals surface area (Å²) in [5.41, 5.74) is 0.404. The highest BCUT2D eigenvalue weighted by Gasteiger charge is 2.06. The molecular weight excluding hydrogens is 205 g/mol. The van der Waals surface area contributed by atoms with Gasteiger partial charge in [-0.2, -0.15) is 0 Å². The van der Waals surface area contributed by atoms with E-state index in [4.69, 9.17) is 16.3 Å². The predicted molar refractivity (Wildman–Crippen MR) is 56.4 cm³/mol. The molecule has 1 aromatic rings. The number of hydrogen-bond acceptors (Lipinski definition) is 2. The van der Waals surface area contributed by atoms with Gasteiger partial charge in [0.15, 0.2) is 5.82 Å². The molecule has 0 saturated heterocycles. The first-order chi connectivity index (χ1) is 6.65. The zero-order chi connectivity index (χ0) is 10.6. The first kappa shape index (κ1) is 11.3. The van der Waals surface area contributed by atoms with Crippen LogP contribution < -0.4 is 5.32 Å². The molecule has 4 heteroatoms. The van der Waals surface area contributed by atoms with Crippen molar-refractivity contribution in [3.63, 3.8) is 0 Å². The van der Waals surface area contributed by atoms with Gasteiger partial charge in [-0.05, 0) is 19.1 Å². The standard InChI is InChI=1S/C10H13ClFNO/c1-7(14-2)6-13-9-5-3-4-8(11)10(9)12/h3-5,7,13H,6H2,1-2H3. The van der Waals surface area contributed by atoms with E-state index in [2.05, 4.69) is 5.32 Å². The molecule has 14 heavy (non-hydrogen) atoms. The minimum absolute atomic E-state index is 0.0355. The number of hydrogen-bond donors (Lipinski definition) is 1. The van der Waals surface area contributed by atoms with Gasteiger partial charge in [-0.3, -0.25) is 0 Å². The highest BCUT2D eigenvalue weighted by molar-refractivity contribution is 6.31. The highest BCUT2D eigenvalue weighted by Crippen LogP contribution is 2.21. The van der Waals surface area contributed by atoms with Crippen LogP contribution in [0, 0.1) is 5.82 Å². The van der Waals surface area contributed by atoms with Gasteiger partial charge in [0.05, 0.1) is 16.8 Å². The molecule has 0 radical (unpaired) electrons. The van der Waals surface area contributed by atoms with Crippen molar-refractivity contribution >= 4 is 17.3 Å². The van der Waals surface area contributed by atoms with E-state index in [1.807, 2.05) is 6.92 Å². The Morgan fingerprint density at radius 2 is 2.29 bits per heavy atom. The summed E-state index contributed by atoms with van der Waals surface area (Å²) in [6.07, 6.45) is 0.0355. The number of anilines is 1. The van der Waals surface area contributed by atoms with Gasteiger partial charge >= 0.3 is 0 Å². The molecule has 78 valence electrons. The van der Waals surface area contributed by atoms with Crippen LogP contribution in [-0.4, -0.2) is 19.8 Å². The van der Waals surface area contributed by atoms with Gasteiger partial charge in [-0.15, -0.1) is 0 Å². The maximum absolute atomic E-state index is 13.3. The van der Waals surface area contributed by atoms with Gasteiger partial charge in [0.1, 0.15) is 0 Å². The smallest absolute Gasteiger partial charge is 0.164 e. The van der Waals surface area contributed by atoms with Crippen molar-refractivity contribution in [1.29, 1.82) is 0 Å². The lowest BCUT2D eigenvalue weighted by atomic mass is 10.3. The summed E-state index contributed by atoms with van der Waals surface area (Å²) in [7, 11) is 1.61. The molecular formula is C10H13ClFNO. The average Bonchev–Trinajstić information content (AvgIpc) is 2.20. The number of nitrogens with one attached hydrogen (secondary N) is 1.